The summed E-state index contributed by atoms with van der Waals surface area (Å²) < 4.78 is 44.8. The van der Waals surface area contributed by atoms with Crippen LogP contribution in [-0.4, -0.2) is 32.8 Å². The molecule has 172 valence electrons. The van der Waals surface area contributed by atoms with Gasteiger partial charge in [-0.2, -0.15) is 13.2 Å². The fourth-order valence-electron chi connectivity index (χ4n) is 4.11. The van der Waals surface area contributed by atoms with E-state index in [-0.39, 0.29) is 19.3 Å². The number of allylic oxidation sites excluding steroid dienone is 1. The fourth-order valence-corrected chi connectivity index (χ4v) is 6.50. The van der Waals surface area contributed by atoms with Crippen LogP contribution in [0.15, 0.2) is 40.8 Å². The summed E-state index contributed by atoms with van der Waals surface area (Å²) in [6.07, 6.45) is -3.81. The third-order valence-corrected chi connectivity index (χ3v) is 8.38. The standard InChI is InChI=1S/C24H29F3O3Si2/c1-31(2,3)13-7-12-23(29)14-18(16-8-10-17(11-9-16)24(25,26)27)20-19(15-23)21(22(28)30-20)32(4,5)6/h8-11,29H,12,14-15H2,1-6H3. The first kappa shape index (κ1) is 24.6. The molecular formula is C24H29F3O3Si2. The number of halogens is 3. The van der Waals surface area contributed by atoms with Gasteiger partial charge in [-0.1, -0.05) is 51.4 Å². The summed E-state index contributed by atoms with van der Waals surface area (Å²) in [6.45, 7) is 12.5. The first-order chi connectivity index (χ1) is 14.5. The normalized spacial score (nSPS) is 21.9. The zero-order chi connectivity index (χ0) is 24.1. The monoisotopic (exact) mass is 478 g/mol. The van der Waals surface area contributed by atoms with Crippen LogP contribution < -0.4 is 0 Å². The average Bonchev–Trinajstić information content (AvgIpc) is 2.94. The van der Waals surface area contributed by atoms with Gasteiger partial charge in [0, 0.05) is 35.6 Å². The van der Waals surface area contributed by atoms with Crippen molar-refractivity contribution in [3.05, 3.63) is 51.9 Å². The molecule has 0 saturated carbocycles. The molecule has 1 unspecified atom stereocenters. The molecule has 1 aromatic rings. The summed E-state index contributed by atoms with van der Waals surface area (Å²) in [5.41, 5.74) is 3.04. The molecule has 1 aliphatic heterocycles. The molecule has 1 atom stereocenters. The molecule has 1 N–H and O–H groups in total. The summed E-state index contributed by atoms with van der Waals surface area (Å²) in [5, 5.41) is 12.1. The molecule has 1 heterocycles. The molecule has 8 heteroatoms. The summed E-state index contributed by atoms with van der Waals surface area (Å²) in [5.74, 6) is 3.13. The van der Waals surface area contributed by atoms with Gasteiger partial charge in [0.05, 0.1) is 19.2 Å². The van der Waals surface area contributed by atoms with Gasteiger partial charge in [0.2, 0.25) is 0 Å². The lowest BCUT2D eigenvalue weighted by Gasteiger charge is -2.34. The van der Waals surface area contributed by atoms with Crippen LogP contribution >= 0.6 is 0 Å². The minimum atomic E-state index is -4.44. The molecule has 0 fully saturated rings. The first-order valence-corrected chi connectivity index (χ1v) is 17.6. The van der Waals surface area contributed by atoms with Gasteiger partial charge >= 0.3 is 12.1 Å². The van der Waals surface area contributed by atoms with Gasteiger partial charge in [0.25, 0.3) is 0 Å². The Kier molecular flexibility index (Phi) is 6.17. The van der Waals surface area contributed by atoms with Crippen LogP contribution in [0, 0.1) is 11.5 Å². The van der Waals surface area contributed by atoms with Crippen LogP contribution in [0.5, 0.6) is 0 Å². The number of carbonyl (C=O) groups is 1. The zero-order valence-electron chi connectivity index (χ0n) is 19.3. The molecule has 2 aliphatic rings. The molecular weight excluding hydrogens is 449 g/mol. The molecule has 32 heavy (non-hydrogen) atoms. The fraction of sp³-hybridized carbons (Fsp3) is 0.458. The maximum absolute atomic E-state index is 13.0. The molecule has 0 radical (unpaired) electrons. The number of benzene rings is 1. The Morgan fingerprint density at radius 1 is 1.03 bits per heavy atom. The van der Waals surface area contributed by atoms with Gasteiger partial charge < -0.3 is 9.84 Å². The van der Waals surface area contributed by atoms with Crippen molar-refractivity contribution in [2.24, 2.45) is 0 Å². The number of alkyl halides is 3. The highest BCUT2D eigenvalue weighted by Crippen LogP contribution is 2.48. The van der Waals surface area contributed by atoms with Crippen LogP contribution in [0.3, 0.4) is 0 Å². The largest absolute Gasteiger partial charge is 0.423 e. The number of ether oxygens (including phenoxy) is 1. The van der Waals surface area contributed by atoms with Gasteiger partial charge in [-0.25, -0.2) is 4.79 Å². The summed E-state index contributed by atoms with van der Waals surface area (Å²) in [6, 6.07) is 4.79. The molecule has 0 saturated heterocycles. The highest BCUT2D eigenvalue weighted by Gasteiger charge is 2.46. The maximum Gasteiger partial charge on any atom is 0.416 e. The highest BCUT2D eigenvalue weighted by molar-refractivity contribution is 6.87. The summed E-state index contributed by atoms with van der Waals surface area (Å²) >= 11 is 0. The Hall–Kier alpha value is -2.09. The van der Waals surface area contributed by atoms with Crippen molar-refractivity contribution in [1.29, 1.82) is 0 Å². The summed E-state index contributed by atoms with van der Waals surface area (Å²) in [7, 11) is -3.74. The van der Waals surface area contributed by atoms with E-state index in [9.17, 15) is 23.1 Å². The van der Waals surface area contributed by atoms with Crippen molar-refractivity contribution < 1.29 is 27.8 Å². The van der Waals surface area contributed by atoms with E-state index in [4.69, 9.17) is 4.74 Å². The number of esters is 1. The lowest BCUT2D eigenvalue weighted by Crippen LogP contribution is -2.35. The molecule has 0 spiro atoms. The highest BCUT2D eigenvalue weighted by atomic mass is 28.3. The van der Waals surface area contributed by atoms with E-state index in [0.29, 0.717) is 27.7 Å². The Labute approximate surface area is 189 Å². The first-order valence-electron chi connectivity index (χ1n) is 10.6. The number of aliphatic hydroxyl groups is 1. The van der Waals surface area contributed by atoms with Crippen molar-refractivity contribution in [2.45, 2.75) is 70.3 Å². The quantitative estimate of drug-likeness (QED) is 0.332. The predicted molar refractivity (Wildman–Crippen MR) is 125 cm³/mol. The van der Waals surface area contributed by atoms with Crippen LogP contribution in [0.25, 0.3) is 5.57 Å². The van der Waals surface area contributed by atoms with E-state index in [2.05, 4.69) is 31.1 Å². The number of hydrogen-bond acceptors (Lipinski definition) is 3. The molecule has 3 nitrogen and oxygen atoms in total. The second-order valence-corrected chi connectivity index (χ2v) is 20.4. The summed E-state index contributed by atoms with van der Waals surface area (Å²) in [4.78, 5) is 12.8. The van der Waals surface area contributed by atoms with Gasteiger partial charge in [-0.15, -0.1) is 11.5 Å². The van der Waals surface area contributed by atoms with Crippen molar-refractivity contribution in [1.82, 2.24) is 0 Å². The van der Waals surface area contributed by atoms with Crippen molar-refractivity contribution in [3.8, 4) is 11.5 Å². The Balaban J connectivity index is 2.13. The second-order valence-electron chi connectivity index (χ2n) is 10.7. The Morgan fingerprint density at radius 2 is 1.59 bits per heavy atom. The van der Waals surface area contributed by atoms with E-state index in [1.54, 1.807) is 0 Å². The zero-order valence-corrected chi connectivity index (χ0v) is 21.3. The van der Waals surface area contributed by atoms with Gasteiger partial charge in [-0.05, 0) is 17.7 Å². The molecule has 0 bridgehead atoms. The lowest BCUT2D eigenvalue weighted by molar-refractivity contribution is -0.137. The third kappa shape index (κ3) is 5.27. The Morgan fingerprint density at radius 3 is 2.09 bits per heavy atom. The smallest absolute Gasteiger partial charge is 0.416 e. The SMILES string of the molecule is C[Si](C)(C)C#CCC1(O)CC2=C([Si](C)(C)C)C(=O)OC2=C(c2ccc(C(F)(F)F)cc2)C1. The Bertz CT molecular complexity index is 1060. The molecule has 3 rings (SSSR count). The van der Waals surface area contributed by atoms with E-state index in [1.807, 2.05) is 19.6 Å². The number of rotatable bonds is 3. The molecule has 1 aromatic carbocycles. The third-order valence-electron chi connectivity index (χ3n) is 5.45. The van der Waals surface area contributed by atoms with E-state index >= 15 is 0 Å². The van der Waals surface area contributed by atoms with Gasteiger partial charge in [0.15, 0.2) is 0 Å². The topological polar surface area (TPSA) is 46.5 Å². The van der Waals surface area contributed by atoms with Crippen LogP contribution in [0.4, 0.5) is 13.2 Å². The van der Waals surface area contributed by atoms with Crippen LogP contribution in [-0.2, 0) is 15.7 Å². The van der Waals surface area contributed by atoms with Crippen molar-refractivity contribution >= 4 is 27.7 Å². The van der Waals surface area contributed by atoms with Crippen LogP contribution in [0.2, 0.25) is 39.3 Å². The van der Waals surface area contributed by atoms with E-state index < -0.39 is 39.5 Å². The second kappa shape index (κ2) is 8.05. The number of hydrogen-bond donors (Lipinski definition) is 1. The van der Waals surface area contributed by atoms with Gasteiger partial charge in [-0.3, -0.25) is 0 Å². The van der Waals surface area contributed by atoms with E-state index in [1.165, 1.54) is 12.1 Å². The van der Waals surface area contributed by atoms with Crippen LogP contribution in [0.1, 0.15) is 30.4 Å². The lowest BCUT2D eigenvalue weighted by atomic mass is 9.77. The predicted octanol–water partition coefficient (Wildman–Crippen LogP) is 5.94. The molecule has 0 amide bonds. The average molecular weight is 479 g/mol. The van der Waals surface area contributed by atoms with Gasteiger partial charge in [0.1, 0.15) is 13.8 Å². The number of fused-ring (bicyclic) bond motifs is 1. The van der Waals surface area contributed by atoms with E-state index in [0.717, 1.165) is 12.1 Å². The maximum atomic E-state index is 13.0. The number of carbonyl (C=O) groups excluding carboxylic acids is 1. The van der Waals surface area contributed by atoms with Crippen molar-refractivity contribution in [2.75, 3.05) is 0 Å². The van der Waals surface area contributed by atoms with Crippen molar-refractivity contribution in [3.63, 3.8) is 0 Å². The molecule has 0 aromatic heterocycles. The molecule has 1 aliphatic carbocycles. The minimum absolute atomic E-state index is 0.157. The minimum Gasteiger partial charge on any atom is -0.423 e.